The average Bonchev–Trinajstić information content (AvgIpc) is 3.01. The van der Waals surface area contributed by atoms with E-state index in [2.05, 4.69) is 26.5 Å². The number of rotatable bonds is 3. The van der Waals surface area contributed by atoms with Gasteiger partial charge >= 0.3 is 0 Å². The minimum atomic E-state index is -0.423. The van der Waals surface area contributed by atoms with Crippen LogP contribution in [-0.4, -0.2) is 15.7 Å². The fourth-order valence-corrected chi connectivity index (χ4v) is 2.42. The molecule has 0 aliphatic rings. The average molecular weight is 357 g/mol. The molecular weight excluding hydrogens is 344 g/mol. The van der Waals surface area contributed by atoms with Crippen molar-refractivity contribution < 1.29 is 4.79 Å². The van der Waals surface area contributed by atoms with Gasteiger partial charge in [0.05, 0.1) is 11.4 Å². The highest BCUT2D eigenvalue weighted by molar-refractivity contribution is 9.10. The Hall–Kier alpha value is -2.44. The summed E-state index contributed by atoms with van der Waals surface area (Å²) in [5, 5.41) is 4.36. The first kappa shape index (κ1) is 14.5. The number of para-hydroxylation sites is 1. The number of amides is 1. The van der Waals surface area contributed by atoms with Crippen LogP contribution in [0.15, 0.2) is 65.1 Å². The van der Waals surface area contributed by atoms with Crippen molar-refractivity contribution in [2.45, 2.75) is 0 Å². The Morgan fingerprint density at radius 1 is 1.09 bits per heavy atom. The third-order valence-corrected chi connectivity index (χ3v) is 3.74. The second-order valence-electron chi connectivity index (χ2n) is 4.64. The first-order valence-corrected chi connectivity index (χ1v) is 7.41. The van der Waals surface area contributed by atoms with Gasteiger partial charge in [0.25, 0.3) is 5.91 Å². The van der Waals surface area contributed by atoms with E-state index in [-0.39, 0.29) is 5.69 Å². The lowest BCUT2D eigenvalue weighted by Crippen LogP contribution is -2.30. The number of nitrogens with one attached hydrogen (secondary N) is 1. The fourth-order valence-electron chi connectivity index (χ4n) is 2.16. The Kier molecular flexibility index (Phi) is 4.04. The van der Waals surface area contributed by atoms with Crippen LogP contribution >= 0.6 is 15.9 Å². The number of benzene rings is 2. The molecule has 1 amide bonds. The lowest BCUT2D eigenvalue weighted by atomic mass is 10.1. The van der Waals surface area contributed by atoms with Crippen molar-refractivity contribution in [3.05, 3.63) is 70.8 Å². The summed E-state index contributed by atoms with van der Waals surface area (Å²) in [6.45, 7) is 0. The van der Waals surface area contributed by atoms with Gasteiger partial charge in [-0.15, -0.1) is 0 Å². The van der Waals surface area contributed by atoms with Crippen LogP contribution in [0, 0.1) is 0 Å². The van der Waals surface area contributed by atoms with Gasteiger partial charge in [-0.2, -0.15) is 5.10 Å². The monoisotopic (exact) mass is 356 g/mol. The molecule has 0 atom stereocenters. The van der Waals surface area contributed by atoms with Crippen molar-refractivity contribution in [3.63, 3.8) is 0 Å². The Labute approximate surface area is 135 Å². The summed E-state index contributed by atoms with van der Waals surface area (Å²) in [5.74, 6) is 4.78. The Bertz CT molecular complexity index is 797. The van der Waals surface area contributed by atoms with Crippen LogP contribution in [0.4, 0.5) is 0 Å². The van der Waals surface area contributed by atoms with Crippen molar-refractivity contribution in [3.8, 4) is 16.9 Å². The third-order valence-electron chi connectivity index (χ3n) is 3.21. The first-order chi connectivity index (χ1) is 10.7. The summed E-state index contributed by atoms with van der Waals surface area (Å²) in [7, 11) is 0. The molecule has 3 N–H and O–H groups in total. The summed E-state index contributed by atoms with van der Waals surface area (Å²) in [6.07, 6.45) is 0. The number of halogens is 1. The van der Waals surface area contributed by atoms with Crippen LogP contribution in [-0.2, 0) is 0 Å². The zero-order chi connectivity index (χ0) is 15.5. The van der Waals surface area contributed by atoms with Gasteiger partial charge in [0, 0.05) is 10.0 Å². The molecule has 1 heterocycles. The quantitative estimate of drug-likeness (QED) is 0.430. The molecule has 0 aliphatic carbocycles. The predicted molar refractivity (Wildman–Crippen MR) is 88.4 cm³/mol. The van der Waals surface area contributed by atoms with E-state index in [1.165, 1.54) is 0 Å². The van der Waals surface area contributed by atoms with Crippen LogP contribution in [0.1, 0.15) is 10.5 Å². The highest BCUT2D eigenvalue weighted by Crippen LogP contribution is 2.25. The standard InChI is InChI=1S/C16H13BrN4O/c17-12-8-6-11(7-9-12)15-10-14(16(22)19-18)20-21(15)13-4-2-1-3-5-13/h1-10H,18H2,(H,19,22). The molecule has 0 saturated carbocycles. The minimum Gasteiger partial charge on any atom is -0.289 e. The number of aromatic nitrogens is 2. The number of nitrogens with zero attached hydrogens (tertiary/aromatic N) is 2. The summed E-state index contributed by atoms with van der Waals surface area (Å²) in [6, 6.07) is 19.2. The van der Waals surface area contributed by atoms with E-state index in [1.807, 2.05) is 54.6 Å². The van der Waals surface area contributed by atoms with Gasteiger partial charge in [-0.25, -0.2) is 10.5 Å². The second kappa shape index (κ2) is 6.13. The van der Waals surface area contributed by atoms with E-state index in [0.29, 0.717) is 0 Å². The molecule has 0 unspecified atom stereocenters. The molecule has 3 aromatic rings. The fraction of sp³-hybridized carbons (Fsp3) is 0. The van der Waals surface area contributed by atoms with Gasteiger partial charge in [0.15, 0.2) is 5.69 Å². The topological polar surface area (TPSA) is 72.9 Å². The zero-order valence-corrected chi connectivity index (χ0v) is 13.1. The maximum absolute atomic E-state index is 11.8. The maximum Gasteiger partial charge on any atom is 0.285 e. The molecular formula is C16H13BrN4O. The second-order valence-corrected chi connectivity index (χ2v) is 5.56. The molecule has 22 heavy (non-hydrogen) atoms. The number of nitrogens with two attached hydrogens (primary N) is 1. The normalized spacial score (nSPS) is 10.5. The molecule has 0 aliphatic heterocycles. The minimum absolute atomic E-state index is 0.268. The van der Waals surface area contributed by atoms with Gasteiger partial charge in [0.2, 0.25) is 0 Å². The van der Waals surface area contributed by atoms with E-state index in [1.54, 1.807) is 10.7 Å². The third kappa shape index (κ3) is 2.79. The van der Waals surface area contributed by atoms with E-state index in [0.717, 1.165) is 21.4 Å². The van der Waals surface area contributed by atoms with E-state index in [9.17, 15) is 4.79 Å². The summed E-state index contributed by atoms with van der Waals surface area (Å²) in [4.78, 5) is 11.8. The Morgan fingerprint density at radius 2 is 1.77 bits per heavy atom. The number of carbonyl (C=O) groups is 1. The first-order valence-electron chi connectivity index (χ1n) is 6.61. The molecule has 5 nitrogen and oxygen atoms in total. The van der Waals surface area contributed by atoms with E-state index < -0.39 is 5.91 Å². The maximum atomic E-state index is 11.8. The molecule has 0 bridgehead atoms. The SMILES string of the molecule is NNC(=O)c1cc(-c2ccc(Br)cc2)n(-c2ccccc2)n1. The summed E-state index contributed by atoms with van der Waals surface area (Å²) < 4.78 is 2.72. The van der Waals surface area contributed by atoms with Crippen molar-refractivity contribution in [2.24, 2.45) is 5.84 Å². The van der Waals surface area contributed by atoms with Crippen molar-refractivity contribution in [1.29, 1.82) is 0 Å². The molecule has 0 spiro atoms. The molecule has 1 aromatic heterocycles. The zero-order valence-electron chi connectivity index (χ0n) is 11.5. The highest BCUT2D eigenvalue weighted by atomic mass is 79.9. The molecule has 0 fully saturated rings. The Morgan fingerprint density at radius 3 is 2.41 bits per heavy atom. The van der Waals surface area contributed by atoms with Crippen LogP contribution in [0.2, 0.25) is 0 Å². The Balaban J connectivity index is 2.17. The molecule has 6 heteroatoms. The van der Waals surface area contributed by atoms with Crippen LogP contribution in [0.5, 0.6) is 0 Å². The van der Waals surface area contributed by atoms with Crippen molar-refractivity contribution >= 4 is 21.8 Å². The lowest BCUT2D eigenvalue weighted by Gasteiger charge is -2.07. The molecule has 0 saturated heterocycles. The van der Waals surface area contributed by atoms with Crippen LogP contribution in [0.3, 0.4) is 0 Å². The predicted octanol–water partition coefficient (Wildman–Crippen LogP) is 2.91. The smallest absolute Gasteiger partial charge is 0.285 e. The van der Waals surface area contributed by atoms with Gasteiger partial charge in [0.1, 0.15) is 0 Å². The molecule has 0 radical (unpaired) electrons. The van der Waals surface area contributed by atoms with Gasteiger partial charge in [-0.1, -0.05) is 46.3 Å². The lowest BCUT2D eigenvalue weighted by molar-refractivity contribution is 0.0948. The summed E-state index contributed by atoms with van der Waals surface area (Å²) in [5.41, 5.74) is 5.02. The number of nitrogen functional groups attached to an aromatic ring is 1. The molecule has 2 aromatic carbocycles. The number of hydrazine groups is 1. The van der Waals surface area contributed by atoms with E-state index in [4.69, 9.17) is 5.84 Å². The summed E-state index contributed by atoms with van der Waals surface area (Å²) >= 11 is 3.42. The number of hydrogen-bond acceptors (Lipinski definition) is 3. The van der Waals surface area contributed by atoms with Gasteiger partial charge in [-0.05, 0) is 30.3 Å². The van der Waals surface area contributed by atoms with Crippen molar-refractivity contribution in [2.75, 3.05) is 0 Å². The molecule has 110 valence electrons. The van der Waals surface area contributed by atoms with Crippen LogP contribution < -0.4 is 11.3 Å². The van der Waals surface area contributed by atoms with Crippen molar-refractivity contribution in [1.82, 2.24) is 15.2 Å². The number of hydrogen-bond donors (Lipinski definition) is 2. The highest BCUT2D eigenvalue weighted by Gasteiger charge is 2.15. The largest absolute Gasteiger partial charge is 0.289 e. The van der Waals surface area contributed by atoms with Crippen LogP contribution in [0.25, 0.3) is 16.9 Å². The number of carbonyl (C=O) groups excluding carboxylic acids is 1. The molecule has 3 rings (SSSR count). The van der Waals surface area contributed by atoms with E-state index >= 15 is 0 Å². The van der Waals surface area contributed by atoms with Gasteiger partial charge in [-0.3, -0.25) is 10.2 Å². The van der Waals surface area contributed by atoms with Gasteiger partial charge < -0.3 is 0 Å².